The van der Waals surface area contributed by atoms with Crippen molar-refractivity contribution in [2.45, 2.75) is 18.9 Å². The molecule has 0 saturated carbocycles. The average Bonchev–Trinajstić information content (AvgIpc) is 3.03. The molecule has 0 bridgehead atoms. The molecule has 1 aromatic carbocycles. The number of nitrogens with zero attached hydrogens (tertiary/aromatic N) is 1. The normalized spacial score (nSPS) is 15.5. The summed E-state index contributed by atoms with van der Waals surface area (Å²) >= 11 is 4.34. The van der Waals surface area contributed by atoms with Gasteiger partial charge in [0.1, 0.15) is 0 Å². The van der Waals surface area contributed by atoms with E-state index in [-0.39, 0.29) is 16.7 Å². The van der Waals surface area contributed by atoms with Crippen LogP contribution in [0, 0.1) is 0 Å². The number of anilines is 1. The molecule has 0 aliphatic carbocycles. The molecule has 0 atom stereocenters. The Balaban J connectivity index is 1.79. The van der Waals surface area contributed by atoms with Gasteiger partial charge in [-0.15, -0.1) is 11.3 Å². The van der Waals surface area contributed by atoms with E-state index in [1.54, 1.807) is 0 Å². The first-order valence-corrected chi connectivity index (χ1v) is 12.7. The molecule has 0 radical (unpaired) electrons. The van der Waals surface area contributed by atoms with Crippen LogP contribution in [0.2, 0.25) is 0 Å². The van der Waals surface area contributed by atoms with Gasteiger partial charge in [-0.05, 0) is 46.5 Å². The molecule has 1 saturated heterocycles. The number of ether oxygens (including phenoxy) is 1. The minimum absolute atomic E-state index is 0.0126. The Morgan fingerprint density at radius 2 is 1.97 bits per heavy atom. The maximum absolute atomic E-state index is 11.7. The summed E-state index contributed by atoms with van der Waals surface area (Å²) in [4.78, 5) is 22.9. The molecule has 1 fully saturated rings. The summed E-state index contributed by atoms with van der Waals surface area (Å²) in [6, 6.07) is 7.51. The number of carboxylic acids is 2. The van der Waals surface area contributed by atoms with Gasteiger partial charge in [-0.25, -0.2) is 22.3 Å². The highest BCUT2D eigenvalue weighted by molar-refractivity contribution is 9.10. The fraction of sp³-hybridized carbons (Fsp3) is 0.368. The van der Waals surface area contributed by atoms with E-state index < -0.39 is 28.6 Å². The summed E-state index contributed by atoms with van der Waals surface area (Å²) in [6.45, 7) is 0.265. The van der Waals surface area contributed by atoms with Crippen LogP contribution < -0.4 is 10.1 Å². The summed E-state index contributed by atoms with van der Waals surface area (Å²) < 4.78 is 30.4. The second-order valence-corrected chi connectivity index (χ2v) is 10.8. The highest BCUT2D eigenvalue weighted by Crippen LogP contribution is 2.46. The number of sulfonamides is 1. The maximum Gasteiger partial charge on any atom is 0.349 e. The van der Waals surface area contributed by atoms with Gasteiger partial charge in [0, 0.05) is 24.8 Å². The molecule has 1 aliphatic rings. The van der Waals surface area contributed by atoms with Crippen molar-refractivity contribution in [2.75, 3.05) is 31.3 Å². The van der Waals surface area contributed by atoms with Crippen LogP contribution in [0.4, 0.5) is 5.69 Å². The lowest BCUT2D eigenvalue weighted by atomic mass is 10.1. The van der Waals surface area contributed by atoms with Gasteiger partial charge in [0.15, 0.2) is 17.2 Å². The third-order valence-electron chi connectivity index (χ3n) is 4.76. The Morgan fingerprint density at radius 3 is 2.55 bits per heavy atom. The van der Waals surface area contributed by atoms with Crippen LogP contribution in [0.25, 0.3) is 10.4 Å². The van der Waals surface area contributed by atoms with E-state index in [4.69, 9.17) is 9.84 Å². The molecule has 9 nitrogen and oxygen atoms in total. The smallest absolute Gasteiger partial charge is 0.349 e. The van der Waals surface area contributed by atoms with Gasteiger partial charge in [0.25, 0.3) is 0 Å². The SMILES string of the molecule is CS(=O)(=O)N1CCC(Nc2cccc(-c3sc(C(=O)O)c(OCC(=O)O)c3Br)c2)CC1. The molecular weight excluding hydrogens is 512 g/mol. The number of hydrogen-bond acceptors (Lipinski definition) is 7. The van der Waals surface area contributed by atoms with Crippen LogP contribution in [0.15, 0.2) is 28.7 Å². The van der Waals surface area contributed by atoms with Gasteiger partial charge in [-0.1, -0.05) is 12.1 Å². The first-order chi connectivity index (χ1) is 14.6. The Morgan fingerprint density at radius 1 is 1.29 bits per heavy atom. The molecule has 0 unspecified atom stereocenters. The second-order valence-electron chi connectivity index (χ2n) is 7.05. The lowest BCUT2D eigenvalue weighted by Crippen LogP contribution is -2.41. The fourth-order valence-corrected chi connectivity index (χ4v) is 6.06. The van der Waals surface area contributed by atoms with Crippen molar-refractivity contribution in [3.05, 3.63) is 33.6 Å². The van der Waals surface area contributed by atoms with Gasteiger partial charge < -0.3 is 20.3 Å². The minimum Gasteiger partial charge on any atom is -0.479 e. The van der Waals surface area contributed by atoms with E-state index in [1.165, 1.54) is 10.6 Å². The van der Waals surface area contributed by atoms with Crippen LogP contribution in [-0.2, 0) is 14.8 Å². The van der Waals surface area contributed by atoms with Gasteiger partial charge in [0.05, 0.1) is 15.6 Å². The van der Waals surface area contributed by atoms with Gasteiger partial charge in [-0.3, -0.25) is 0 Å². The van der Waals surface area contributed by atoms with Crippen molar-refractivity contribution in [1.82, 2.24) is 4.31 Å². The number of carbonyl (C=O) groups is 2. The number of aliphatic carboxylic acids is 1. The topological polar surface area (TPSA) is 133 Å². The zero-order chi connectivity index (χ0) is 22.8. The second kappa shape index (κ2) is 9.55. The average molecular weight is 533 g/mol. The maximum atomic E-state index is 11.7. The number of aromatic carboxylic acids is 1. The van der Waals surface area contributed by atoms with E-state index in [9.17, 15) is 23.1 Å². The quantitative estimate of drug-likeness (QED) is 0.471. The number of benzene rings is 1. The predicted molar refractivity (Wildman–Crippen MR) is 121 cm³/mol. The summed E-state index contributed by atoms with van der Waals surface area (Å²) in [5.41, 5.74) is 1.56. The molecular formula is C19H21BrN2O7S2. The lowest BCUT2D eigenvalue weighted by molar-refractivity contribution is -0.139. The summed E-state index contributed by atoms with van der Waals surface area (Å²) in [5.74, 6) is -2.42. The number of hydrogen-bond donors (Lipinski definition) is 3. The standard InChI is InChI=1S/C19H21BrN2O7S2/c1-31(27,28)22-7-5-12(6-8-22)21-13-4-2-3-11(9-13)17-15(20)16(29-10-14(23)24)18(30-17)19(25)26/h2-4,9,12,21H,5-8,10H2,1H3,(H,23,24)(H,25,26). The highest BCUT2D eigenvalue weighted by atomic mass is 79.9. The monoisotopic (exact) mass is 532 g/mol. The van der Waals surface area contributed by atoms with Crippen molar-refractivity contribution < 1.29 is 33.0 Å². The molecule has 2 heterocycles. The molecule has 3 rings (SSSR count). The van der Waals surface area contributed by atoms with E-state index in [1.807, 2.05) is 24.3 Å². The number of thiophene rings is 1. The fourth-order valence-electron chi connectivity index (χ4n) is 3.30. The van der Waals surface area contributed by atoms with Gasteiger partial charge in [0.2, 0.25) is 10.0 Å². The van der Waals surface area contributed by atoms with Crippen LogP contribution >= 0.6 is 27.3 Å². The number of piperidine rings is 1. The molecule has 31 heavy (non-hydrogen) atoms. The van der Waals surface area contributed by atoms with E-state index in [0.717, 1.165) is 22.6 Å². The third-order valence-corrected chi connectivity index (χ3v) is 8.29. The number of carboxylic acid groups (broad SMARTS) is 2. The van der Waals surface area contributed by atoms with Gasteiger partial charge >= 0.3 is 11.9 Å². The van der Waals surface area contributed by atoms with Crippen molar-refractivity contribution in [2.24, 2.45) is 0 Å². The Hall–Kier alpha value is -2.15. The van der Waals surface area contributed by atoms with E-state index in [0.29, 0.717) is 35.3 Å². The van der Waals surface area contributed by atoms with Gasteiger partial charge in [-0.2, -0.15) is 0 Å². The summed E-state index contributed by atoms with van der Waals surface area (Å²) in [7, 11) is -3.18. The number of halogens is 1. The Bertz CT molecular complexity index is 1090. The lowest BCUT2D eigenvalue weighted by Gasteiger charge is -2.31. The molecule has 1 aromatic heterocycles. The first kappa shape index (κ1) is 23.5. The molecule has 168 valence electrons. The molecule has 3 N–H and O–H groups in total. The number of nitrogens with one attached hydrogen (secondary N) is 1. The van der Waals surface area contributed by atoms with Crippen LogP contribution in [-0.4, -0.2) is 66.9 Å². The molecule has 2 aromatic rings. The molecule has 1 aliphatic heterocycles. The molecule has 0 amide bonds. The number of rotatable bonds is 8. The Labute approximate surface area is 191 Å². The van der Waals surface area contributed by atoms with Crippen LogP contribution in [0.5, 0.6) is 5.75 Å². The van der Waals surface area contributed by atoms with E-state index in [2.05, 4.69) is 21.2 Å². The summed E-state index contributed by atoms with van der Waals surface area (Å²) in [6.07, 6.45) is 2.57. The van der Waals surface area contributed by atoms with Crippen molar-refractivity contribution in [3.8, 4) is 16.2 Å². The van der Waals surface area contributed by atoms with Crippen LogP contribution in [0.3, 0.4) is 0 Å². The third kappa shape index (κ3) is 5.76. The first-order valence-electron chi connectivity index (χ1n) is 9.28. The molecule has 12 heteroatoms. The van der Waals surface area contributed by atoms with Crippen molar-refractivity contribution in [1.29, 1.82) is 0 Å². The molecule has 0 spiro atoms. The largest absolute Gasteiger partial charge is 0.479 e. The highest BCUT2D eigenvalue weighted by Gasteiger charge is 2.26. The van der Waals surface area contributed by atoms with Crippen LogP contribution in [0.1, 0.15) is 22.5 Å². The zero-order valence-electron chi connectivity index (χ0n) is 16.5. The zero-order valence-corrected chi connectivity index (χ0v) is 19.7. The van der Waals surface area contributed by atoms with E-state index >= 15 is 0 Å². The summed E-state index contributed by atoms with van der Waals surface area (Å²) in [5, 5.41) is 21.7. The van der Waals surface area contributed by atoms with Crippen molar-refractivity contribution in [3.63, 3.8) is 0 Å². The van der Waals surface area contributed by atoms with Crippen molar-refractivity contribution >= 4 is 54.9 Å². The predicted octanol–water partition coefficient (Wildman–Crippen LogP) is 3.18. The minimum atomic E-state index is -3.18. The Kier molecular flexibility index (Phi) is 7.24.